The lowest BCUT2D eigenvalue weighted by atomic mass is 9.54. The molecule has 2 bridgehead atoms. The number of alkyl halides is 1. The zero-order chi connectivity index (χ0) is 20.9. The molecule has 2 atom stereocenters. The van der Waals surface area contributed by atoms with Gasteiger partial charge in [-0.25, -0.2) is 4.90 Å². The molecule has 0 N–H and O–H groups in total. The topological polar surface area (TPSA) is 55.8 Å². The Labute approximate surface area is 183 Å². The van der Waals surface area contributed by atoms with Crippen LogP contribution in [0.25, 0.3) is 0 Å². The van der Waals surface area contributed by atoms with E-state index in [1.165, 1.54) is 4.90 Å². The Kier molecular flexibility index (Phi) is 3.18. The van der Waals surface area contributed by atoms with Crippen LogP contribution in [0.1, 0.15) is 28.2 Å². The van der Waals surface area contributed by atoms with Crippen LogP contribution in [-0.4, -0.2) is 18.6 Å². The van der Waals surface area contributed by atoms with E-state index in [0.717, 1.165) is 22.3 Å². The molecule has 0 radical (unpaired) electrons. The van der Waals surface area contributed by atoms with Gasteiger partial charge in [0, 0.05) is 12.0 Å². The minimum atomic E-state index is -1.08. The van der Waals surface area contributed by atoms with E-state index in [9.17, 15) is 9.59 Å². The smallest absolute Gasteiger partial charge is 0.240 e. The second-order valence-corrected chi connectivity index (χ2v) is 9.01. The number of imide groups is 1. The van der Waals surface area contributed by atoms with Gasteiger partial charge in [-0.3, -0.25) is 9.59 Å². The summed E-state index contributed by atoms with van der Waals surface area (Å²) in [6, 6.07) is 21.0. The number of hydrogen-bond donors (Lipinski definition) is 0. The van der Waals surface area contributed by atoms with Crippen LogP contribution in [0.5, 0.6) is 11.5 Å². The predicted molar refractivity (Wildman–Crippen MR) is 113 cm³/mol. The molecule has 152 valence electrons. The predicted octanol–water partition coefficient (Wildman–Crippen LogP) is 4.16. The highest BCUT2D eigenvalue weighted by molar-refractivity contribution is 6.33. The number of hydrogen-bond acceptors (Lipinski definition) is 4. The molecule has 0 unspecified atom stereocenters. The lowest BCUT2D eigenvalue weighted by Crippen LogP contribution is -2.50. The first kappa shape index (κ1) is 17.4. The van der Waals surface area contributed by atoms with Gasteiger partial charge in [-0.2, -0.15) is 0 Å². The molecule has 3 aromatic rings. The molecule has 5 nitrogen and oxygen atoms in total. The molecule has 0 aromatic heterocycles. The lowest BCUT2D eigenvalue weighted by molar-refractivity contribution is -0.122. The third-order valence-corrected chi connectivity index (χ3v) is 7.77. The molecule has 6 heteroatoms. The fourth-order valence-electron chi connectivity index (χ4n) is 5.96. The van der Waals surface area contributed by atoms with E-state index in [2.05, 4.69) is 0 Å². The third-order valence-electron chi connectivity index (χ3n) is 7.13. The highest BCUT2D eigenvalue weighted by Gasteiger charge is 2.68. The summed E-state index contributed by atoms with van der Waals surface area (Å²) in [5.74, 6) is -0.751. The average Bonchev–Trinajstić information content (AvgIpc) is 3.37. The van der Waals surface area contributed by atoms with E-state index < -0.39 is 16.7 Å². The van der Waals surface area contributed by atoms with Crippen molar-refractivity contribution in [3.63, 3.8) is 0 Å². The lowest BCUT2D eigenvalue weighted by Gasteiger charge is -2.50. The van der Waals surface area contributed by atoms with Gasteiger partial charge in [0.25, 0.3) is 0 Å². The largest absolute Gasteiger partial charge is 0.454 e. The zero-order valence-corrected chi connectivity index (χ0v) is 17.0. The number of rotatable bonds is 1. The third kappa shape index (κ3) is 1.94. The molecular weight excluding hydrogens is 414 g/mol. The van der Waals surface area contributed by atoms with Crippen LogP contribution in [-0.2, 0) is 14.5 Å². The molecular formula is C25H16ClNO4. The highest BCUT2D eigenvalue weighted by atomic mass is 35.5. The first-order valence-corrected chi connectivity index (χ1v) is 10.6. The molecule has 2 aliphatic heterocycles. The second kappa shape index (κ2) is 5.68. The van der Waals surface area contributed by atoms with Crippen molar-refractivity contribution in [2.24, 2.45) is 11.8 Å². The Morgan fingerprint density at radius 3 is 2.19 bits per heavy atom. The molecule has 5 aliphatic rings. The number of ether oxygens (including phenoxy) is 2. The van der Waals surface area contributed by atoms with Crippen molar-refractivity contribution in [1.29, 1.82) is 0 Å². The second-order valence-electron chi connectivity index (χ2n) is 8.42. The SMILES string of the molecule is O=C1[C@H]2C3c4ccccc4C(Cl)(c4ccccc43)[C@H]2C(=O)N1c1ccc2c(c1)OCO2. The van der Waals surface area contributed by atoms with Gasteiger partial charge in [0.15, 0.2) is 11.5 Å². The number of carbonyl (C=O) groups is 2. The van der Waals surface area contributed by atoms with Gasteiger partial charge in [0.1, 0.15) is 4.87 Å². The Bertz CT molecular complexity index is 1270. The summed E-state index contributed by atoms with van der Waals surface area (Å²) in [6.45, 7) is 0.128. The van der Waals surface area contributed by atoms with Crippen LogP contribution in [0, 0.1) is 11.8 Å². The standard InChI is InChI=1S/C25H16ClNO4/c26-25-16-7-3-1-5-14(16)20(15-6-2-4-8-17(15)25)21-22(25)24(29)27(23(21)28)13-9-10-18-19(11-13)31-12-30-18/h1-11,20-22H,12H2/t20?,21-,22+,25?/m0/s1. The first-order valence-electron chi connectivity index (χ1n) is 10.3. The van der Waals surface area contributed by atoms with Gasteiger partial charge in [0.2, 0.25) is 18.6 Å². The molecule has 3 aliphatic carbocycles. The summed E-state index contributed by atoms with van der Waals surface area (Å²) in [5.41, 5.74) is 4.41. The molecule has 2 amide bonds. The Morgan fingerprint density at radius 2 is 1.48 bits per heavy atom. The van der Waals surface area contributed by atoms with Crippen LogP contribution in [0.3, 0.4) is 0 Å². The van der Waals surface area contributed by atoms with Gasteiger partial charge in [-0.1, -0.05) is 48.5 Å². The molecule has 8 rings (SSSR count). The molecule has 31 heavy (non-hydrogen) atoms. The van der Waals surface area contributed by atoms with Crippen LogP contribution in [0.15, 0.2) is 66.7 Å². The molecule has 0 spiro atoms. The van der Waals surface area contributed by atoms with E-state index in [4.69, 9.17) is 21.1 Å². The molecule has 3 aromatic carbocycles. The molecule has 1 saturated heterocycles. The number of fused-ring (bicyclic) bond motifs is 1. The van der Waals surface area contributed by atoms with E-state index >= 15 is 0 Å². The first-order chi connectivity index (χ1) is 15.1. The number of amides is 2. The van der Waals surface area contributed by atoms with Crippen molar-refractivity contribution in [3.05, 3.63) is 89.0 Å². The number of nitrogens with zero attached hydrogens (tertiary/aromatic N) is 1. The maximum atomic E-state index is 13.8. The summed E-state index contributed by atoms with van der Waals surface area (Å²) in [7, 11) is 0. The van der Waals surface area contributed by atoms with E-state index in [1.54, 1.807) is 18.2 Å². The quantitative estimate of drug-likeness (QED) is 0.430. The molecule has 1 fully saturated rings. The summed E-state index contributed by atoms with van der Waals surface area (Å²) in [4.78, 5) is 27.8. The summed E-state index contributed by atoms with van der Waals surface area (Å²) in [6.07, 6.45) is 0. The van der Waals surface area contributed by atoms with E-state index in [-0.39, 0.29) is 24.5 Å². The van der Waals surface area contributed by atoms with Gasteiger partial charge in [0.05, 0.1) is 17.5 Å². The van der Waals surface area contributed by atoms with Crippen molar-refractivity contribution < 1.29 is 19.1 Å². The zero-order valence-electron chi connectivity index (χ0n) is 16.2. The van der Waals surface area contributed by atoms with Crippen LogP contribution in [0.4, 0.5) is 5.69 Å². The molecule has 2 heterocycles. The highest BCUT2D eigenvalue weighted by Crippen LogP contribution is 2.66. The van der Waals surface area contributed by atoms with Crippen molar-refractivity contribution in [3.8, 4) is 11.5 Å². The molecule has 0 saturated carbocycles. The van der Waals surface area contributed by atoms with Gasteiger partial charge in [-0.05, 0) is 34.4 Å². The summed E-state index contributed by atoms with van der Waals surface area (Å²) in [5, 5.41) is 0. The van der Waals surface area contributed by atoms with Gasteiger partial charge >= 0.3 is 0 Å². The minimum Gasteiger partial charge on any atom is -0.454 e. The fourth-order valence-corrected chi connectivity index (χ4v) is 6.53. The fraction of sp³-hybridized carbons (Fsp3) is 0.200. The van der Waals surface area contributed by atoms with E-state index in [1.807, 2.05) is 48.5 Å². The average molecular weight is 430 g/mol. The summed E-state index contributed by atoms with van der Waals surface area (Å²) < 4.78 is 10.8. The Morgan fingerprint density at radius 1 is 0.839 bits per heavy atom. The maximum Gasteiger partial charge on any atom is 0.240 e. The van der Waals surface area contributed by atoms with Gasteiger partial charge < -0.3 is 9.47 Å². The van der Waals surface area contributed by atoms with Crippen molar-refractivity contribution in [2.45, 2.75) is 10.8 Å². The maximum absolute atomic E-state index is 13.8. The number of carbonyl (C=O) groups excluding carboxylic acids is 2. The van der Waals surface area contributed by atoms with E-state index in [0.29, 0.717) is 17.2 Å². The van der Waals surface area contributed by atoms with Gasteiger partial charge in [-0.15, -0.1) is 11.6 Å². The van der Waals surface area contributed by atoms with Crippen molar-refractivity contribution in [1.82, 2.24) is 0 Å². The van der Waals surface area contributed by atoms with Crippen LogP contribution < -0.4 is 14.4 Å². The van der Waals surface area contributed by atoms with Crippen molar-refractivity contribution >= 4 is 29.1 Å². The monoisotopic (exact) mass is 429 g/mol. The Hall–Kier alpha value is -3.31. The Balaban J connectivity index is 1.45. The van der Waals surface area contributed by atoms with Crippen molar-refractivity contribution in [2.75, 3.05) is 11.7 Å². The normalized spacial score (nSPS) is 29.1. The summed E-state index contributed by atoms with van der Waals surface area (Å²) >= 11 is 7.42. The van der Waals surface area contributed by atoms with Crippen LogP contribution >= 0.6 is 11.6 Å². The number of anilines is 1. The van der Waals surface area contributed by atoms with Crippen LogP contribution in [0.2, 0.25) is 0 Å². The number of halogens is 1. The minimum absolute atomic E-state index is 0.128. The number of benzene rings is 3.